The van der Waals surface area contributed by atoms with Crippen LogP contribution in [0.5, 0.6) is 0 Å². The van der Waals surface area contributed by atoms with Crippen molar-refractivity contribution >= 4 is 23.2 Å². The van der Waals surface area contributed by atoms with Crippen molar-refractivity contribution in [3.63, 3.8) is 0 Å². The van der Waals surface area contributed by atoms with Gasteiger partial charge in [0.1, 0.15) is 0 Å². The Hall–Kier alpha value is -1.40. The molecule has 30 heavy (non-hydrogen) atoms. The monoisotopic (exact) mass is 431 g/mol. The van der Waals surface area contributed by atoms with E-state index in [1.807, 2.05) is 0 Å². The molecule has 0 aromatic carbocycles. The Balaban J connectivity index is 1.31. The molecule has 3 atom stereocenters. The van der Waals surface area contributed by atoms with Crippen molar-refractivity contribution in [3.8, 4) is 0 Å². The zero-order valence-corrected chi connectivity index (χ0v) is 19.8. The van der Waals surface area contributed by atoms with Crippen LogP contribution in [0.25, 0.3) is 0 Å². The summed E-state index contributed by atoms with van der Waals surface area (Å²) in [5, 5.41) is 3.39. The number of amides is 2. The smallest absolute Gasteiger partial charge is 0.263 e. The minimum absolute atomic E-state index is 0.104. The van der Waals surface area contributed by atoms with E-state index in [1.54, 1.807) is 11.3 Å². The summed E-state index contributed by atoms with van der Waals surface area (Å²) in [5.41, 5.74) is 1.19. The molecule has 6 heteroatoms. The maximum atomic E-state index is 13.1. The zero-order valence-electron chi connectivity index (χ0n) is 19.0. The van der Waals surface area contributed by atoms with E-state index in [2.05, 4.69) is 49.1 Å². The first-order chi connectivity index (χ1) is 14.3. The van der Waals surface area contributed by atoms with Crippen LogP contribution in [0.15, 0.2) is 6.07 Å². The number of hydrogen-bond donors (Lipinski definition) is 1. The van der Waals surface area contributed by atoms with Crippen LogP contribution in [0.2, 0.25) is 0 Å². The van der Waals surface area contributed by atoms with Crippen LogP contribution >= 0.6 is 11.3 Å². The second-order valence-electron chi connectivity index (χ2n) is 10.1. The zero-order chi connectivity index (χ0) is 21.5. The quantitative estimate of drug-likeness (QED) is 0.716. The lowest BCUT2D eigenvalue weighted by molar-refractivity contribution is -0.127. The van der Waals surface area contributed by atoms with Gasteiger partial charge in [-0.05, 0) is 96.0 Å². The molecule has 0 radical (unpaired) electrons. The highest BCUT2D eigenvalue weighted by Crippen LogP contribution is 2.49. The molecule has 5 nitrogen and oxygen atoms in total. The van der Waals surface area contributed by atoms with Crippen molar-refractivity contribution in [2.24, 2.45) is 17.3 Å². The van der Waals surface area contributed by atoms with Gasteiger partial charge in [0.15, 0.2) is 0 Å². The third-order valence-electron chi connectivity index (χ3n) is 7.66. The van der Waals surface area contributed by atoms with E-state index in [4.69, 9.17) is 0 Å². The molecule has 0 spiro atoms. The molecule has 1 aromatic rings. The molecule has 1 aromatic heterocycles. The van der Waals surface area contributed by atoms with Gasteiger partial charge in [0.2, 0.25) is 5.91 Å². The lowest BCUT2D eigenvalue weighted by Crippen LogP contribution is -2.44. The van der Waals surface area contributed by atoms with E-state index in [0.29, 0.717) is 11.8 Å². The van der Waals surface area contributed by atoms with Gasteiger partial charge in [-0.3, -0.25) is 9.59 Å². The third kappa shape index (κ3) is 4.45. The predicted molar refractivity (Wildman–Crippen MR) is 122 cm³/mol. The summed E-state index contributed by atoms with van der Waals surface area (Å²) in [6.07, 6.45) is 7.21. The largest absolute Gasteiger partial charge is 0.353 e. The predicted octanol–water partition coefficient (Wildman–Crippen LogP) is 3.71. The average Bonchev–Trinajstić information content (AvgIpc) is 3.25. The van der Waals surface area contributed by atoms with Gasteiger partial charge in [-0.25, -0.2) is 0 Å². The van der Waals surface area contributed by atoms with E-state index >= 15 is 0 Å². The van der Waals surface area contributed by atoms with Gasteiger partial charge in [0.05, 0.1) is 10.3 Å². The fraction of sp³-hybridized carbons (Fsp3) is 0.750. The number of hydrogen-bond acceptors (Lipinski definition) is 4. The van der Waals surface area contributed by atoms with E-state index in [-0.39, 0.29) is 23.3 Å². The fourth-order valence-corrected chi connectivity index (χ4v) is 6.46. The van der Waals surface area contributed by atoms with Crippen LogP contribution in [-0.4, -0.2) is 61.4 Å². The Morgan fingerprint density at radius 3 is 2.60 bits per heavy atom. The molecule has 2 amide bonds. The molecule has 1 saturated heterocycles. The van der Waals surface area contributed by atoms with Crippen molar-refractivity contribution in [2.75, 3.05) is 33.7 Å². The Morgan fingerprint density at radius 1 is 1.23 bits per heavy atom. The lowest BCUT2D eigenvalue weighted by Gasteiger charge is -2.32. The van der Waals surface area contributed by atoms with Gasteiger partial charge in [0, 0.05) is 24.0 Å². The maximum absolute atomic E-state index is 13.1. The van der Waals surface area contributed by atoms with E-state index in [0.717, 1.165) is 69.5 Å². The second-order valence-corrected chi connectivity index (χ2v) is 11.3. The summed E-state index contributed by atoms with van der Waals surface area (Å²) in [4.78, 5) is 32.4. The molecule has 1 aliphatic heterocycles. The van der Waals surface area contributed by atoms with E-state index < -0.39 is 0 Å². The molecular formula is C24H37N3O2S. The van der Waals surface area contributed by atoms with Crippen LogP contribution in [0.3, 0.4) is 0 Å². The normalized spacial score (nSPS) is 27.2. The van der Waals surface area contributed by atoms with Crippen LogP contribution in [-0.2, 0) is 11.2 Å². The third-order valence-corrected chi connectivity index (χ3v) is 8.74. The molecule has 166 valence electrons. The second kappa shape index (κ2) is 8.62. The number of nitrogens with one attached hydrogen (secondary N) is 1. The summed E-state index contributed by atoms with van der Waals surface area (Å²) in [7, 11) is 4.14. The number of carbonyl (C=O) groups excluding carboxylic acids is 2. The van der Waals surface area contributed by atoms with Crippen LogP contribution in [0.1, 0.15) is 65.6 Å². The molecule has 1 N–H and O–H groups in total. The minimum Gasteiger partial charge on any atom is -0.353 e. The average molecular weight is 432 g/mol. The summed E-state index contributed by atoms with van der Waals surface area (Å²) in [6, 6.07) is 2.37. The number of aryl methyl sites for hydroxylation is 2. The molecule has 2 heterocycles. The summed E-state index contributed by atoms with van der Waals surface area (Å²) >= 11 is 1.64. The van der Waals surface area contributed by atoms with E-state index in [1.165, 1.54) is 10.4 Å². The van der Waals surface area contributed by atoms with Crippen molar-refractivity contribution in [2.45, 2.75) is 64.8 Å². The van der Waals surface area contributed by atoms with Crippen LogP contribution < -0.4 is 5.32 Å². The summed E-state index contributed by atoms with van der Waals surface area (Å²) < 4.78 is 0. The fourth-order valence-electron chi connectivity index (χ4n) is 5.38. The van der Waals surface area contributed by atoms with Crippen molar-refractivity contribution in [1.29, 1.82) is 0 Å². The Morgan fingerprint density at radius 2 is 1.97 bits per heavy atom. The van der Waals surface area contributed by atoms with Gasteiger partial charge in [0.25, 0.3) is 5.91 Å². The van der Waals surface area contributed by atoms with Gasteiger partial charge in [-0.2, -0.15) is 0 Å². The number of rotatable bonds is 7. The molecular weight excluding hydrogens is 394 g/mol. The Kier molecular flexibility index (Phi) is 6.27. The maximum Gasteiger partial charge on any atom is 0.263 e. The highest BCUT2D eigenvalue weighted by atomic mass is 32.1. The van der Waals surface area contributed by atoms with Gasteiger partial charge >= 0.3 is 0 Å². The molecule has 3 aliphatic rings. The minimum atomic E-state index is -0.104. The number of nitrogens with zero attached hydrogens (tertiary/aromatic N) is 2. The number of carbonyl (C=O) groups is 2. The summed E-state index contributed by atoms with van der Waals surface area (Å²) in [5.74, 6) is 1.60. The molecule has 3 fully saturated rings. The molecule has 0 bridgehead atoms. The SMILES string of the molecule is CCc1cc(C(=O)N2CC3CCC(NC(=O)C4(CCN(C)C)CC4)CC3C2)sc1C. The van der Waals surface area contributed by atoms with Crippen molar-refractivity contribution in [3.05, 3.63) is 21.4 Å². The Bertz CT molecular complexity index is 798. The Labute approximate surface area is 185 Å². The van der Waals surface area contributed by atoms with Crippen LogP contribution in [0, 0.1) is 24.2 Å². The topological polar surface area (TPSA) is 52.7 Å². The molecule has 2 saturated carbocycles. The van der Waals surface area contributed by atoms with Gasteiger partial charge in [-0.1, -0.05) is 6.92 Å². The highest BCUT2D eigenvalue weighted by Gasteiger charge is 2.50. The summed E-state index contributed by atoms with van der Waals surface area (Å²) in [6.45, 7) is 6.97. The van der Waals surface area contributed by atoms with Crippen molar-refractivity contribution < 1.29 is 9.59 Å². The molecule has 4 rings (SSSR count). The number of thiophene rings is 1. The standard InChI is InChI=1S/C24H37N3O2S/c1-5-17-13-21(30-16(17)2)22(28)27-14-18-6-7-20(12-19(18)15-27)25-23(29)24(8-9-24)10-11-26(3)4/h13,18-20H,5-12,14-15H2,1-4H3,(H,25,29). The highest BCUT2D eigenvalue weighted by molar-refractivity contribution is 7.14. The van der Waals surface area contributed by atoms with Gasteiger partial charge in [-0.15, -0.1) is 11.3 Å². The first-order valence-corrected chi connectivity index (χ1v) is 12.5. The molecule has 2 aliphatic carbocycles. The lowest BCUT2D eigenvalue weighted by atomic mass is 9.79. The first-order valence-electron chi connectivity index (χ1n) is 11.7. The number of likely N-dealkylation sites (tertiary alicyclic amines) is 1. The first kappa shape index (κ1) is 21.8. The van der Waals surface area contributed by atoms with E-state index in [9.17, 15) is 9.59 Å². The van der Waals surface area contributed by atoms with Gasteiger partial charge < -0.3 is 15.1 Å². The molecule has 3 unspecified atom stereocenters. The van der Waals surface area contributed by atoms with Crippen LogP contribution in [0.4, 0.5) is 0 Å². The number of fused-ring (bicyclic) bond motifs is 1. The van der Waals surface area contributed by atoms with Crippen molar-refractivity contribution in [1.82, 2.24) is 15.1 Å².